The summed E-state index contributed by atoms with van der Waals surface area (Å²) < 4.78 is 6.26. The quantitative estimate of drug-likeness (QED) is 0.819. The van der Waals surface area contributed by atoms with E-state index in [1.807, 2.05) is 37.4 Å². The minimum absolute atomic E-state index is 0.00336. The molecule has 2 N–H and O–H groups in total. The molecule has 1 aromatic heterocycles. The number of methoxy groups -OCH3 is 1. The van der Waals surface area contributed by atoms with Gasteiger partial charge in [-0.15, -0.1) is 11.3 Å². The first-order valence-electron chi connectivity index (χ1n) is 6.56. The largest absolute Gasteiger partial charge is 0.497 e. The second-order valence-electron chi connectivity index (χ2n) is 4.80. The molecule has 1 atom stereocenters. The summed E-state index contributed by atoms with van der Waals surface area (Å²) in [4.78, 5) is 14.4. The second kappa shape index (κ2) is 7.59. The Morgan fingerprint density at radius 2 is 2.19 bits per heavy atom. The molecule has 0 aliphatic heterocycles. The van der Waals surface area contributed by atoms with Crippen LogP contribution in [0.2, 0.25) is 0 Å². The standard InChI is InChI=1S/C15H17BrN2O2S/c1-18(9-13-6-7-14(16)21-13)10-15(19)17-11-4-3-5-12(8-11)20-2/h3-8H,9-10H2,1-2H3,(H,17,19)/p+1. The van der Waals surface area contributed by atoms with Crippen LogP contribution in [0.3, 0.4) is 0 Å². The van der Waals surface area contributed by atoms with Crippen LogP contribution in [0.25, 0.3) is 0 Å². The van der Waals surface area contributed by atoms with Crippen LogP contribution in [-0.2, 0) is 11.3 Å². The SMILES string of the molecule is COc1cccc(NC(=O)C[NH+](C)Cc2ccc(Br)s2)c1. The molecule has 0 spiro atoms. The second-order valence-corrected chi connectivity index (χ2v) is 7.34. The van der Waals surface area contributed by atoms with E-state index in [2.05, 4.69) is 27.3 Å². The summed E-state index contributed by atoms with van der Waals surface area (Å²) >= 11 is 5.15. The molecule has 6 heteroatoms. The number of carbonyl (C=O) groups excluding carboxylic acids is 1. The highest BCUT2D eigenvalue weighted by atomic mass is 79.9. The fraction of sp³-hybridized carbons (Fsp3) is 0.267. The van der Waals surface area contributed by atoms with Crippen LogP contribution in [0, 0.1) is 0 Å². The van der Waals surface area contributed by atoms with E-state index in [-0.39, 0.29) is 5.91 Å². The van der Waals surface area contributed by atoms with Gasteiger partial charge in [0.25, 0.3) is 5.91 Å². The maximum absolute atomic E-state index is 12.0. The van der Waals surface area contributed by atoms with E-state index >= 15 is 0 Å². The predicted molar refractivity (Wildman–Crippen MR) is 89.1 cm³/mol. The van der Waals surface area contributed by atoms with Crippen molar-refractivity contribution >= 4 is 38.9 Å². The maximum Gasteiger partial charge on any atom is 0.279 e. The number of nitrogens with one attached hydrogen (secondary N) is 2. The molecule has 21 heavy (non-hydrogen) atoms. The lowest BCUT2D eigenvalue weighted by atomic mass is 10.3. The molecule has 0 saturated carbocycles. The van der Waals surface area contributed by atoms with E-state index in [4.69, 9.17) is 4.74 Å². The van der Waals surface area contributed by atoms with Gasteiger partial charge in [0.15, 0.2) is 6.54 Å². The molecule has 2 aromatic rings. The van der Waals surface area contributed by atoms with E-state index in [1.165, 1.54) is 4.88 Å². The van der Waals surface area contributed by atoms with Crippen molar-refractivity contribution in [3.63, 3.8) is 0 Å². The highest BCUT2D eigenvalue weighted by molar-refractivity contribution is 9.11. The molecule has 2 rings (SSSR count). The lowest BCUT2D eigenvalue weighted by Crippen LogP contribution is -3.08. The third-order valence-corrected chi connectivity index (χ3v) is 4.54. The van der Waals surface area contributed by atoms with Gasteiger partial charge in [-0.2, -0.15) is 0 Å². The Bertz CT molecular complexity index is 615. The molecule has 1 aromatic carbocycles. The Hall–Kier alpha value is -1.37. The number of quaternary nitrogens is 1. The Morgan fingerprint density at radius 1 is 1.38 bits per heavy atom. The third-order valence-electron chi connectivity index (χ3n) is 2.92. The lowest BCUT2D eigenvalue weighted by molar-refractivity contribution is -0.884. The Kier molecular flexibility index (Phi) is 5.78. The summed E-state index contributed by atoms with van der Waals surface area (Å²) in [5.74, 6) is 0.730. The molecule has 0 aliphatic carbocycles. The monoisotopic (exact) mass is 369 g/mol. The molecule has 4 nitrogen and oxygen atoms in total. The number of ether oxygens (including phenoxy) is 1. The maximum atomic E-state index is 12.0. The summed E-state index contributed by atoms with van der Waals surface area (Å²) in [6.45, 7) is 1.26. The fourth-order valence-electron chi connectivity index (χ4n) is 1.99. The van der Waals surface area contributed by atoms with Gasteiger partial charge in [-0.25, -0.2) is 0 Å². The van der Waals surface area contributed by atoms with Gasteiger partial charge >= 0.3 is 0 Å². The van der Waals surface area contributed by atoms with Crippen molar-refractivity contribution in [2.45, 2.75) is 6.54 Å². The van der Waals surface area contributed by atoms with E-state index in [1.54, 1.807) is 18.4 Å². The highest BCUT2D eigenvalue weighted by Crippen LogP contribution is 2.21. The molecule has 112 valence electrons. The smallest absolute Gasteiger partial charge is 0.279 e. The predicted octanol–water partition coefficient (Wildman–Crippen LogP) is 2.17. The van der Waals surface area contributed by atoms with E-state index in [9.17, 15) is 4.79 Å². The Labute approximate surface area is 136 Å². The molecule has 0 radical (unpaired) electrons. The summed E-state index contributed by atoms with van der Waals surface area (Å²) in [5, 5.41) is 2.89. The van der Waals surface area contributed by atoms with Crippen LogP contribution in [-0.4, -0.2) is 26.6 Å². The molecule has 1 amide bonds. The number of anilines is 1. The Balaban J connectivity index is 1.85. The molecule has 1 heterocycles. The van der Waals surface area contributed by atoms with Crippen molar-refractivity contribution in [2.75, 3.05) is 26.0 Å². The number of thiophene rings is 1. The summed E-state index contributed by atoms with van der Waals surface area (Å²) in [6, 6.07) is 11.5. The average Bonchev–Trinajstić information content (AvgIpc) is 2.83. The average molecular weight is 370 g/mol. The zero-order valence-corrected chi connectivity index (χ0v) is 14.4. The van der Waals surface area contributed by atoms with Crippen molar-refractivity contribution in [1.29, 1.82) is 0 Å². The molecule has 1 unspecified atom stereocenters. The van der Waals surface area contributed by atoms with Gasteiger partial charge < -0.3 is 15.0 Å². The van der Waals surface area contributed by atoms with Crippen LogP contribution >= 0.6 is 27.3 Å². The topological polar surface area (TPSA) is 42.8 Å². The van der Waals surface area contributed by atoms with E-state index < -0.39 is 0 Å². The van der Waals surface area contributed by atoms with Gasteiger partial charge in [0, 0.05) is 11.8 Å². The number of hydrogen-bond acceptors (Lipinski definition) is 3. The highest BCUT2D eigenvalue weighted by Gasteiger charge is 2.12. The van der Waals surface area contributed by atoms with Gasteiger partial charge in [-0.05, 0) is 40.2 Å². The molecular formula is C15H18BrN2O2S+. The minimum atomic E-state index is -0.00336. The van der Waals surface area contributed by atoms with E-state index in [0.717, 1.165) is 26.7 Å². The molecule has 0 fully saturated rings. The molecular weight excluding hydrogens is 352 g/mol. The Morgan fingerprint density at radius 3 is 2.86 bits per heavy atom. The van der Waals surface area contributed by atoms with Gasteiger partial charge in [-0.1, -0.05) is 6.07 Å². The van der Waals surface area contributed by atoms with Crippen molar-refractivity contribution in [2.24, 2.45) is 0 Å². The van der Waals surface area contributed by atoms with Crippen LogP contribution in [0.1, 0.15) is 4.88 Å². The number of hydrogen-bond donors (Lipinski definition) is 2. The first-order chi connectivity index (χ1) is 10.1. The molecule has 0 bridgehead atoms. The van der Waals surface area contributed by atoms with Gasteiger partial charge in [0.2, 0.25) is 0 Å². The molecule has 0 aliphatic rings. The van der Waals surface area contributed by atoms with Gasteiger partial charge in [0.05, 0.1) is 22.8 Å². The number of benzene rings is 1. The first-order valence-corrected chi connectivity index (χ1v) is 8.17. The van der Waals surface area contributed by atoms with Crippen molar-refractivity contribution < 1.29 is 14.4 Å². The van der Waals surface area contributed by atoms with Gasteiger partial charge in [0.1, 0.15) is 12.3 Å². The number of amides is 1. The number of rotatable bonds is 6. The van der Waals surface area contributed by atoms with Crippen molar-refractivity contribution in [3.8, 4) is 5.75 Å². The zero-order chi connectivity index (χ0) is 15.2. The van der Waals surface area contributed by atoms with E-state index in [0.29, 0.717) is 6.54 Å². The van der Waals surface area contributed by atoms with Crippen LogP contribution < -0.4 is 15.0 Å². The summed E-state index contributed by atoms with van der Waals surface area (Å²) in [7, 11) is 3.62. The number of carbonyl (C=O) groups is 1. The normalized spacial score (nSPS) is 12.0. The number of halogens is 1. The fourth-order valence-corrected chi connectivity index (χ4v) is 3.58. The lowest BCUT2D eigenvalue weighted by Gasteiger charge is -2.13. The van der Waals surface area contributed by atoms with Crippen LogP contribution in [0.15, 0.2) is 40.2 Å². The zero-order valence-electron chi connectivity index (χ0n) is 12.0. The third kappa shape index (κ3) is 5.15. The van der Waals surface area contributed by atoms with Crippen LogP contribution in [0.5, 0.6) is 5.75 Å². The first kappa shape index (κ1) is 16.0. The summed E-state index contributed by atoms with van der Waals surface area (Å²) in [5.41, 5.74) is 0.756. The summed E-state index contributed by atoms with van der Waals surface area (Å²) in [6.07, 6.45) is 0. The van der Waals surface area contributed by atoms with Crippen molar-refractivity contribution in [1.82, 2.24) is 0 Å². The van der Waals surface area contributed by atoms with Gasteiger partial charge in [-0.3, -0.25) is 4.79 Å². The minimum Gasteiger partial charge on any atom is -0.497 e. The van der Waals surface area contributed by atoms with Crippen molar-refractivity contribution in [3.05, 3.63) is 45.1 Å². The molecule has 0 saturated heterocycles. The van der Waals surface area contributed by atoms with Crippen LogP contribution in [0.4, 0.5) is 5.69 Å². The number of likely N-dealkylation sites (N-methyl/N-ethyl adjacent to an activating group) is 1.